The Morgan fingerprint density at radius 3 is 2.89 bits per heavy atom. The van der Waals surface area contributed by atoms with Crippen LogP contribution in [0.15, 0.2) is 35.1 Å². The highest BCUT2D eigenvalue weighted by atomic mass is 16.5. The van der Waals surface area contributed by atoms with Gasteiger partial charge in [-0.05, 0) is 25.0 Å². The van der Waals surface area contributed by atoms with Crippen molar-refractivity contribution >= 4 is 28.8 Å². The third-order valence-corrected chi connectivity index (χ3v) is 7.43. The number of hydrogen-bond acceptors (Lipinski definition) is 6. The summed E-state index contributed by atoms with van der Waals surface area (Å²) in [5.74, 6) is -0.502. The molecule has 194 valence electrons. The van der Waals surface area contributed by atoms with Gasteiger partial charge in [0.25, 0.3) is 11.8 Å². The topological polar surface area (TPSA) is 135 Å². The van der Waals surface area contributed by atoms with E-state index in [1.807, 2.05) is 29.2 Å². The number of rotatable bonds is 5. The Balaban J connectivity index is 1.10. The highest BCUT2D eigenvalue weighted by Gasteiger charge is 2.44. The lowest BCUT2D eigenvalue weighted by atomic mass is 10.1. The Morgan fingerprint density at radius 2 is 2.00 bits per heavy atom. The second kappa shape index (κ2) is 9.51. The molecule has 0 aliphatic carbocycles. The van der Waals surface area contributed by atoms with E-state index in [4.69, 9.17) is 4.74 Å². The summed E-state index contributed by atoms with van der Waals surface area (Å²) in [6.07, 6.45) is 1.32. The lowest BCUT2D eigenvalue weighted by Gasteiger charge is -2.36. The van der Waals surface area contributed by atoms with Crippen molar-refractivity contribution in [2.75, 3.05) is 32.8 Å². The lowest BCUT2D eigenvalue weighted by molar-refractivity contribution is -0.142. The van der Waals surface area contributed by atoms with Gasteiger partial charge in [-0.15, -0.1) is 0 Å². The summed E-state index contributed by atoms with van der Waals surface area (Å²) in [6.45, 7) is 3.20. The Bertz CT molecular complexity index is 1420. The average Bonchev–Trinajstić information content (AvgIpc) is 3.58. The molecule has 0 radical (unpaired) electrons. The molecule has 1 aromatic carbocycles. The predicted molar refractivity (Wildman–Crippen MR) is 132 cm³/mol. The van der Waals surface area contributed by atoms with Crippen LogP contribution in [-0.4, -0.2) is 91.8 Å². The van der Waals surface area contributed by atoms with Crippen LogP contribution in [0, 0.1) is 0 Å². The van der Waals surface area contributed by atoms with Crippen LogP contribution < -0.4 is 11.0 Å². The van der Waals surface area contributed by atoms with Gasteiger partial charge in [-0.25, -0.2) is 4.79 Å². The number of aromatic nitrogens is 4. The maximum atomic E-state index is 13.2. The number of imidazole rings is 1. The molecule has 3 aliphatic heterocycles. The minimum absolute atomic E-state index is 0.00846. The van der Waals surface area contributed by atoms with Crippen molar-refractivity contribution in [3.8, 4) is 0 Å². The van der Waals surface area contributed by atoms with E-state index in [-0.39, 0.29) is 41.3 Å². The molecule has 37 heavy (non-hydrogen) atoms. The smallest absolute Gasteiger partial charge is 0.326 e. The number of carbonyl (C=O) groups is 3. The zero-order valence-electron chi connectivity index (χ0n) is 20.4. The number of likely N-dealkylation sites (tertiary alicyclic amines) is 1. The van der Waals surface area contributed by atoms with Crippen LogP contribution in [0.2, 0.25) is 0 Å². The van der Waals surface area contributed by atoms with Gasteiger partial charge in [0.05, 0.1) is 29.8 Å². The first kappa shape index (κ1) is 23.5. The highest BCUT2D eigenvalue weighted by Crippen LogP contribution is 2.25. The average molecular weight is 508 g/mol. The number of hydrogen-bond donors (Lipinski definition) is 2. The second-order valence-electron chi connectivity index (χ2n) is 9.72. The molecule has 0 spiro atoms. The number of amides is 3. The predicted octanol–water partition coefficient (Wildman–Crippen LogP) is 0.192. The van der Waals surface area contributed by atoms with Gasteiger partial charge >= 0.3 is 5.69 Å². The van der Waals surface area contributed by atoms with Crippen LogP contribution in [0.4, 0.5) is 0 Å². The molecule has 12 nitrogen and oxygen atoms in total. The number of aryl methyl sites for hydroxylation is 2. The van der Waals surface area contributed by atoms with E-state index in [1.54, 1.807) is 20.2 Å². The number of aromatic amines is 1. The molecule has 3 aromatic rings. The van der Waals surface area contributed by atoms with E-state index in [1.165, 1.54) is 0 Å². The number of H-pyrrole nitrogens is 1. The number of fused-ring (bicyclic) bond motifs is 3. The van der Waals surface area contributed by atoms with Crippen LogP contribution in [-0.2, 0) is 22.6 Å². The molecular weight excluding hydrogens is 478 g/mol. The first-order valence-electron chi connectivity index (χ1n) is 12.7. The van der Waals surface area contributed by atoms with Crippen molar-refractivity contribution in [1.29, 1.82) is 0 Å². The third-order valence-electron chi connectivity index (χ3n) is 7.43. The number of carbonyl (C=O) groups excluding carboxylic acids is 3. The van der Waals surface area contributed by atoms with Gasteiger partial charge in [0.15, 0.2) is 5.69 Å². The van der Waals surface area contributed by atoms with E-state index >= 15 is 0 Å². The SMILES string of the molecule is O=C1NCCCn2nc(C(=O)N3C[C@@H]4[C@@H](C3)OCCN4C(=O)CCCn3c(=O)[nH]c4ccccc43)cc21. The van der Waals surface area contributed by atoms with Crippen molar-refractivity contribution in [1.82, 2.24) is 34.4 Å². The van der Waals surface area contributed by atoms with Gasteiger partial charge in [0, 0.05) is 51.8 Å². The highest BCUT2D eigenvalue weighted by molar-refractivity contribution is 5.98. The van der Waals surface area contributed by atoms with Gasteiger partial charge in [0.2, 0.25) is 5.91 Å². The largest absolute Gasteiger partial charge is 0.372 e. The third kappa shape index (κ3) is 4.31. The molecule has 6 rings (SSSR count). The van der Waals surface area contributed by atoms with Crippen LogP contribution in [0.5, 0.6) is 0 Å². The van der Waals surface area contributed by atoms with Crippen molar-refractivity contribution in [2.45, 2.75) is 44.5 Å². The van der Waals surface area contributed by atoms with Gasteiger partial charge in [-0.3, -0.25) is 23.6 Å². The first-order valence-corrected chi connectivity index (χ1v) is 12.7. The summed E-state index contributed by atoms with van der Waals surface area (Å²) in [7, 11) is 0. The monoisotopic (exact) mass is 507 g/mol. The minimum Gasteiger partial charge on any atom is -0.372 e. The zero-order chi connectivity index (χ0) is 25.5. The molecule has 2 aromatic heterocycles. The summed E-state index contributed by atoms with van der Waals surface area (Å²) in [5.41, 5.74) is 2.04. The maximum absolute atomic E-state index is 13.2. The molecule has 0 saturated carbocycles. The lowest BCUT2D eigenvalue weighted by Crippen LogP contribution is -2.53. The molecule has 0 unspecified atom stereocenters. The van der Waals surface area contributed by atoms with E-state index < -0.39 is 0 Å². The maximum Gasteiger partial charge on any atom is 0.326 e. The summed E-state index contributed by atoms with van der Waals surface area (Å²) >= 11 is 0. The quantitative estimate of drug-likeness (QED) is 0.506. The molecule has 0 bridgehead atoms. The normalized spacial score (nSPS) is 21.5. The molecule has 2 N–H and O–H groups in total. The van der Waals surface area contributed by atoms with Crippen molar-refractivity contribution in [3.63, 3.8) is 0 Å². The molecule has 2 saturated heterocycles. The van der Waals surface area contributed by atoms with Crippen molar-refractivity contribution in [3.05, 3.63) is 52.2 Å². The van der Waals surface area contributed by atoms with Gasteiger partial charge in [-0.2, -0.15) is 5.10 Å². The van der Waals surface area contributed by atoms with E-state index in [0.29, 0.717) is 64.4 Å². The molecule has 3 amide bonds. The Labute approximate surface area is 212 Å². The van der Waals surface area contributed by atoms with Gasteiger partial charge in [-0.1, -0.05) is 12.1 Å². The molecular formula is C25H29N7O5. The molecule has 3 aliphatic rings. The summed E-state index contributed by atoms with van der Waals surface area (Å²) < 4.78 is 9.16. The van der Waals surface area contributed by atoms with Gasteiger partial charge < -0.3 is 24.8 Å². The van der Waals surface area contributed by atoms with Crippen molar-refractivity contribution in [2.24, 2.45) is 0 Å². The Hall–Kier alpha value is -3.93. The molecule has 2 fully saturated rings. The number of morpholine rings is 1. The summed E-state index contributed by atoms with van der Waals surface area (Å²) in [6, 6.07) is 8.80. The van der Waals surface area contributed by atoms with E-state index in [9.17, 15) is 19.2 Å². The number of nitrogens with one attached hydrogen (secondary N) is 2. The standard InChI is InChI=1S/C25H29N7O5/c33-22(7-3-9-31-18-6-2-1-5-16(18)27-25(31)36)30-11-12-37-21-15-29(14-20(21)30)24(35)17-13-19-23(34)26-8-4-10-32(19)28-17/h1-2,5-6,13,20-21H,3-4,7-12,14-15H2,(H,26,34)(H,27,36)/t20-,21-/m1/s1. The fourth-order valence-electron chi connectivity index (χ4n) is 5.58. The fourth-order valence-corrected chi connectivity index (χ4v) is 5.58. The Morgan fingerprint density at radius 1 is 1.14 bits per heavy atom. The summed E-state index contributed by atoms with van der Waals surface area (Å²) in [5, 5.41) is 7.19. The van der Waals surface area contributed by atoms with Crippen LogP contribution in [0.25, 0.3) is 11.0 Å². The zero-order valence-corrected chi connectivity index (χ0v) is 20.4. The molecule has 12 heteroatoms. The van der Waals surface area contributed by atoms with Crippen LogP contribution in [0.1, 0.15) is 40.2 Å². The van der Waals surface area contributed by atoms with E-state index in [0.717, 1.165) is 17.5 Å². The van der Waals surface area contributed by atoms with E-state index in [2.05, 4.69) is 15.4 Å². The fraction of sp³-hybridized carbons (Fsp3) is 0.480. The van der Waals surface area contributed by atoms with Gasteiger partial charge in [0.1, 0.15) is 5.69 Å². The number of para-hydroxylation sites is 2. The minimum atomic E-state index is -0.266. The Kier molecular flexibility index (Phi) is 6.03. The molecule has 2 atom stereocenters. The number of nitrogens with zero attached hydrogens (tertiary/aromatic N) is 5. The van der Waals surface area contributed by atoms with Crippen LogP contribution >= 0.6 is 0 Å². The number of ether oxygens (including phenoxy) is 1. The molecule has 5 heterocycles. The van der Waals surface area contributed by atoms with Crippen molar-refractivity contribution < 1.29 is 19.1 Å². The second-order valence-corrected chi connectivity index (χ2v) is 9.72. The summed E-state index contributed by atoms with van der Waals surface area (Å²) in [4.78, 5) is 57.3. The first-order chi connectivity index (χ1) is 18.0. The number of benzene rings is 1. The van der Waals surface area contributed by atoms with Crippen LogP contribution in [0.3, 0.4) is 0 Å².